The fourth-order valence-electron chi connectivity index (χ4n) is 1.01. The number of aryl methyl sites for hydroxylation is 1. The van der Waals surface area contributed by atoms with E-state index < -0.39 is 5.76 Å². The van der Waals surface area contributed by atoms with Gasteiger partial charge in [-0.1, -0.05) is 5.16 Å². The molecular weight excluding hydrogens is 172 g/mol. The van der Waals surface area contributed by atoms with Crippen LogP contribution in [0.2, 0.25) is 0 Å². The summed E-state index contributed by atoms with van der Waals surface area (Å²) in [5.41, 5.74) is 0.743. The summed E-state index contributed by atoms with van der Waals surface area (Å²) in [5, 5.41) is 7.57. The maximum atomic E-state index is 10.6. The SMILES string of the molecule is CCn1cc(-c2noc(=O)[nH]2)cn1. The number of aromatic nitrogens is 4. The van der Waals surface area contributed by atoms with Gasteiger partial charge in [0, 0.05) is 12.7 Å². The van der Waals surface area contributed by atoms with Gasteiger partial charge in [0.05, 0.1) is 11.8 Å². The smallest absolute Gasteiger partial charge is 0.296 e. The summed E-state index contributed by atoms with van der Waals surface area (Å²) in [6.07, 6.45) is 3.41. The molecule has 2 rings (SSSR count). The van der Waals surface area contributed by atoms with E-state index in [2.05, 4.69) is 19.8 Å². The standard InChI is InChI=1S/C7H8N4O2/c1-2-11-4-5(3-8-11)6-9-7(12)13-10-6/h3-4H,2H2,1H3,(H,9,10,12). The number of hydrogen-bond acceptors (Lipinski definition) is 4. The van der Waals surface area contributed by atoms with Crippen molar-refractivity contribution >= 4 is 0 Å². The van der Waals surface area contributed by atoms with Crippen LogP contribution >= 0.6 is 0 Å². The monoisotopic (exact) mass is 180 g/mol. The molecule has 0 aromatic carbocycles. The zero-order valence-electron chi connectivity index (χ0n) is 7.02. The van der Waals surface area contributed by atoms with E-state index in [0.29, 0.717) is 5.82 Å². The molecule has 0 saturated heterocycles. The summed E-state index contributed by atoms with van der Waals surface area (Å²) < 4.78 is 6.10. The number of nitrogens with zero attached hydrogens (tertiary/aromatic N) is 3. The van der Waals surface area contributed by atoms with Gasteiger partial charge >= 0.3 is 5.76 Å². The van der Waals surface area contributed by atoms with Gasteiger partial charge in [0.25, 0.3) is 0 Å². The normalized spacial score (nSPS) is 10.5. The molecule has 2 aromatic heterocycles. The molecule has 1 N–H and O–H groups in total. The summed E-state index contributed by atoms with van der Waals surface area (Å²) >= 11 is 0. The Bertz CT molecular complexity index is 453. The molecule has 0 unspecified atom stereocenters. The lowest BCUT2D eigenvalue weighted by Gasteiger charge is -1.89. The lowest BCUT2D eigenvalue weighted by Crippen LogP contribution is -1.94. The van der Waals surface area contributed by atoms with Gasteiger partial charge in [0.1, 0.15) is 0 Å². The molecule has 0 radical (unpaired) electrons. The van der Waals surface area contributed by atoms with Gasteiger partial charge in [0.15, 0.2) is 5.82 Å². The van der Waals surface area contributed by atoms with Gasteiger partial charge in [-0.3, -0.25) is 14.2 Å². The van der Waals surface area contributed by atoms with Gasteiger partial charge in [0.2, 0.25) is 0 Å². The molecule has 0 bridgehead atoms. The second-order valence-corrected chi connectivity index (χ2v) is 2.53. The highest BCUT2D eigenvalue weighted by Gasteiger charge is 2.05. The van der Waals surface area contributed by atoms with Gasteiger partial charge in [-0.05, 0) is 6.92 Å². The Morgan fingerprint density at radius 1 is 1.69 bits per heavy atom. The van der Waals surface area contributed by atoms with Crippen molar-refractivity contribution in [3.63, 3.8) is 0 Å². The number of rotatable bonds is 2. The van der Waals surface area contributed by atoms with Crippen LogP contribution in [0.15, 0.2) is 21.7 Å². The van der Waals surface area contributed by atoms with Crippen LogP contribution < -0.4 is 5.76 Å². The lowest BCUT2D eigenvalue weighted by molar-refractivity contribution is 0.388. The highest BCUT2D eigenvalue weighted by Crippen LogP contribution is 2.10. The third-order valence-corrected chi connectivity index (χ3v) is 1.67. The maximum absolute atomic E-state index is 10.6. The Hall–Kier alpha value is -1.85. The van der Waals surface area contributed by atoms with Crippen LogP contribution in [0.25, 0.3) is 11.4 Å². The van der Waals surface area contributed by atoms with Gasteiger partial charge in [-0.2, -0.15) is 5.10 Å². The first kappa shape index (κ1) is 7.78. The number of hydrogen-bond donors (Lipinski definition) is 1. The first-order valence-electron chi connectivity index (χ1n) is 3.88. The van der Waals surface area contributed by atoms with Gasteiger partial charge in [-0.15, -0.1) is 0 Å². The fourth-order valence-corrected chi connectivity index (χ4v) is 1.01. The first-order chi connectivity index (χ1) is 6.29. The Labute approximate surface area is 73.2 Å². The minimum absolute atomic E-state index is 0.407. The molecule has 6 heteroatoms. The molecule has 0 saturated carbocycles. The first-order valence-corrected chi connectivity index (χ1v) is 3.88. The zero-order chi connectivity index (χ0) is 9.26. The van der Waals surface area contributed by atoms with E-state index >= 15 is 0 Å². The van der Waals surface area contributed by atoms with Crippen molar-refractivity contribution in [1.82, 2.24) is 19.9 Å². The van der Waals surface area contributed by atoms with E-state index in [-0.39, 0.29) is 0 Å². The van der Waals surface area contributed by atoms with E-state index in [1.54, 1.807) is 17.1 Å². The van der Waals surface area contributed by atoms with Crippen molar-refractivity contribution < 1.29 is 4.52 Å². The predicted molar refractivity (Wildman–Crippen MR) is 44.0 cm³/mol. The quantitative estimate of drug-likeness (QED) is 0.718. The maximum Gasteiger partial charge on any atom is 0.439 e. The number of nitrogens with one attached hydrogen (secondary N) is 1. The van der Waals surface area contributed by atoms with Gasteiger partial charge < -0.3 is 0 Å². The average Bonchev–Trinajstić information content (AvgIpc) is 2.71. The third-order valence-electron chi connectivity index (χ3n) is 1.67. The summed E-state index contributed by atoms with van der Waals surface area (Å²) in [5.74, 6) is -0.149. The summed E-state index contributed by atoms with van der Waals surface area (Å²) in [4.78, 5) is 13.1. The lowest BCUT2D eigenvalue weighted by atomic mass is 10.3. The van der Waals surface area contributed by atoms with Crippen LogP contribution in [-0.4, -0.2) is 19.9 Å². The van der Waals surface area contributed by atoms with E-state index in [9.17, 15) is 4.79 Å². The van der Waals surface area contributed by atoms with Crippen LogP contribution in [-0.2, 0) is 6.54 Å². The van der Waals surface area contributed by atoms with Crippen LogP contribution in [0.5, 0.6) is 0 Å². The minimum Gasteiger partial charge on any atom is -0.296 e. The van der Waals surface area contributed by atoms with Crippen molar-refractivity contribution in [3.05, 3.63) is 22.9 Å². The molecule has 0 amide bonds. The largest absolute Gasteiger partial charge is 0.439 e. The van der Waals surface area contributed by atoms with E-state index in [0.717, 1.165) is 12.1 Å². The Morgan fingerprint density at radius 2 is 2.54 bits per heavy atom. The van der Waals surface area contributed by atoms with Gasteiger partial charge in [-0.25, -0.2) is 4.79 Å². The molecule has 6 nitrogen and oxygen atoms in total. The van der Waals surface area contributed by atoms with Crippen LogP contribution in [0.4, 0.5) is 0 Å². The molecule has 2 aromatic rings. The topological polar surface area (TPSA) is 76.7 Å². The Balaban J connectivity index is 2.40. The predicted octanol–water partition coefficient (Wildman–Crippen LogP) is 0.246. The van der Waals surface area contributed by atoms with Crippen LogP contribution in [0.3, 0.4) is 0 Å². The second-order valence-electron chi connectivity index (χ2n) is 2.53. The number of aromatic amines is 1. The molecule has 0 spiro atoms. The van der Waals surface area contributed by atoms with Crippen molar-refractivity contribution in [2.45, 2.75) is 13.5 Å². The fraction of sp³-hybridized carbons (Fsp3) is 0.286. The van der Waals surface area contributed by atoms with E-state index in [1.807, 2.05) is 6.92 Å². The average molecular weight is 180 g/mol. The molecule has 0 aliphatic heterocycles. The van der Waals surface area contributed by atoms with Crippen molar-refractivity contribution in [2.24, 2.45) is 0 Å². The minimum atomic E-state index is -0.556. The zero-order valence-corrected chi connectivity index (χ0v) is 7.02. The Morgan fingerprint density at radius 3 is 3.08 bits per heavy atom. The van der Waals surface area contributed by atoms with Crippen LogP contribution in [0.1, 0.15) is 6.92 Å². The molecule has 0 atom stereocenters. The summed E-state index contributed by atoms with van der Waals surface area (Å²) in [7, 11) is 0. The second kappa shape index (κ2) is 2.89. The highest BCUT2D eigenvalue weighted by molar-refractivity contribution is 5.50. The molecule has 0 aliphatic carbocycles. The van der Waals surface area contributed by atoms with Crippen LogP contribution in [0, 0.1) is 0 Å². The van der Waals surface area contributed by atoms with E-state index in [4.69, 9.17) is 0 Å². The van der Waals surface area contributed by atoms with Crippen molar-refractivity contribution in [2.75, 3.05) is 0 Å². The summed E-state index contributed by atoms with van der Waals surface area (Å²) in [6.45, 7) is 2.75. The Kier molecular flexibility index (Phi) is 1.73. The molecule has 68 valence electrons. The molecule has 13 heavy (non-hydrogen) atoms. The molecular formula is C7H8N4O2. The van der Waals surface area contributed by atoms with E-state index in [1.165, 1.54) is 0 Å². The van der Waals surface area contributed by atoms with Crippen molar-refractivity contribution in [1.29, 1.82) is 0 Å². The third kappa shape index (κ3) is 1.37. The van der Waals surface area contributed by atoms with Crippen molar-refractivity contribution in [3.8, 4) is 11.4 Å². The molecule has 2 heterocycles. The molecule has 0 aliphatic rings. The molecule has 0 fully saturated rings. The number of H-pyrrole nitrogens is 1. The summed E-state index contributed by atoms with van der Waals surface area (Å²) in [6, 6.07) is 0. The highest BCUT2D eigenvalue weighted by atomic mass is 16.5.